The van der Waals surface area contributed by atoms with Crippen LogP contribution >= 0.6 is 27.5 Å². The van der Waals surface area contributed by atoms with Crippen molar-refractivity contribution in [2.75, 3.05) is 13.2 Å². The van der Waals surface area contributed by atoms with Gasteiger partial charge in [-0.15, -0.1) is 0 Å². The van der Waals surface area contributed by atoms with E-state index in [9.17, 15) is 13.2 Å². The van der Waals surface area contributed by atoms with E-state index in [1.807, 2.05) is 12.1 Å². The Morgan fingerprint density at radius 3 is 2.65 bits per heavy atom. The van der Waals surface area contributed by atoms with Crippen molar-refractivity contribution in [3.63, 3.8) is 0 Å². The first-order valence-corrected chi connectivity index (χ1v) is 7.03. The molecule has 3 nitrogen and oxygen atoms in total. The van der Waals surface area contributed by atoms with Gasteiger partial charge in [-0.2, -0.15) is 13.2 Å². The van der Waals surface area contributed by atoms with Gasteiger partial charge >= 0.3 is 6.18 Å². The molecule has 20 heavy (non-hydrogen) atoms. The topological polar surface area (TPSA) is 47.3 Å². The van der Waals surface area contributed by atoms with Crippen molar-refractivity contribution >= 4 is 27.5 Å². The largest absolute Gasteiger partial charge is 0.411 e. The summed E-state index contributed by atoms with van der Waals surface area (Å²) in [6, 6.07) is 5.23. The van der Waals surface area contributed by atoms with Gasteiger partial charge in [-0.05, 0) is 30.5 Å². The molecule has 3 N–H and O–H groups in total. The van der Waals surface area contributed by atoms with E-state index in [2.05, 4.69) is 26.1 Å². The molecule has 0 saturated carbocycles. The Hall–Kier alpha value is -0.340. The van der Waals surface area contributed by atoms with E-state index in [-0.39, 0.29) is 12.6 Å². The first kappa shape index (κ1) is 17.7. The van der Waals surface area contributed by atoms with Gasteiger partial charge in [-0.1, -0.05) is 33.6 Å². The van der Waals surface area contributed by atoms with Crippen LogP contribution in [-0.2, 0) is 11.2 Å². The van der Waals surface area contributed by atoms with Crippen molar-refractivity contribution < 1.29 is 17.9 Å². The summed E-state index contributed by atoms with van der Waals surface area (Å²) in [5, 5.41) is 0.579. The molecule has 0 aliphatic heterocycles. The standard InChI is InChI=1S/C12H15BrClF3N2O/c13-9-2-1-8(11(14)6-9)5-10(19-18)3-4-20-7-12(15,16)17/h1-2,6,10,19H,3-5,7,18H2. The molecule has 1 rings (SSSR count). The van der Waals surface area contributed by atoms with Crippen LogP contribution in [0.4, 0.5) is 13.2 Å². The fourth-order valence-corrected chi connectivity index (χ4v) is 2.36. The number of benzene rings is 1. The molecule has 8 heteroatoms. The zero-order chi connectivity index (χ0) is 15.2. The molecule has 0 heterocycles. The SMILES string of the molecule is NNC(CCOCC(F)(F)F)Cc1ccc(Br)cc1Cl. The number of alkyl halides is 3. The summed E-state index contributed by atoms with van der Waals surface area (Å²) in [4.78, 5) is 0. The summed E-state index contributed by atoms with van der Waals surface area (Å²) in [5.74, 6) is 5.39. The van der Waals surface area contributed by atoms with Crippen molar-refractivity contribution in [2.24, 2.45) is 5.84 Å². The minimum absolute atomic E-state index is 0.0253. The Labute approximate surface area is 128 Å². The summed E-state index contributed by atoms with van der Waals surface area (Å²) >= 11 is 9.37. The van der Waals surface area contributed by atoms with Crippen LogP contribution in [0, 0.1) is 0 Å². The molecule has 0 spiro atoms. The molecule has 0 radical (unpaired) electrons. The Bertz CT molecular complexity index is 432. The van der Waals surface area contributed by atoms with Crippen LogP contribution in [0.2, 0.25) is 5.02 Å². The monoisotopic (exact) mass is 374 g/mol. The summed E-state index contributed by atoms with van der Waals surface area (Å²) < 4.78 is 41.2. The number of hydrogen-bond donors (Lipinski definition) is 2. The second kappa shape index (κ2) is 8.19. The lowest BCUT2D eigenvalue weighted by molar-refractivity contribution is -0.174. The van der Waals surface area contributed by atoms with Crippen LogP contribution in [-0.4, -0.2) is 25.4 Å². The van der Waals surface area contributed by atoms with Crippen molar-refractivity contribution in [1.82, 2.24) is 5.43 Å². The lowest BCUT2D eigenvalue weighted by Gasteiger charge is -2.17. The summed E-state index contributed by atoms with van der Waals surface area (Å²) in [5.41, 5.74) is 3.43. The maximum absolute atomic E-state index is 11.9. The summed E-state index contributed by atoms with van der Waals surface area (Å²) in [7, 11) is 0. The van der Waals surface area contributed by atoms with Gasteiger partial charge in [0.1, 0.15) is 6.61 Å². The van der Waals surface area contributed by atoms with Crippen molar-refractivity contribution in [3.8, 4) is 0 Å². The van der Waals surface area contributed by atoms with Crippen LogP contribution in [0.25, 0.3) is 0 Å². The minimum Gasteiger partial charge on any atom is -0.372 e. The molecule has 1 unspecified atom stereocenters. The van der Waals surface area contributed by atoms with E-state index >= 15 is 0 Å². The highest BCUT2D eigenvalue weighted by molar-refractivity contribution is 9.10. The smallest absolute Gasteiger partial charge is 0.372 e. The fourth-order valence-electron chi connectivity index (χ4n) is 1.61. The van der Waals surface area contributed by atoms with Gasteiger partial charge in [0.2, 0.25) is 0 Å². The quantitative estimate of drug-likeness (QED) is 0.436. The Morgan fingerprint density at radius 1 is 1.40 bits per heavy atom. The molecule has 0 fully saturated rings. The molecule has 1 aromatic rings. The van der Waals surface area contributed by atoms with Gasteiger partial charge in [0.05, 0.1) is 0 Å². The molecule has 1 aromatic carbocycles. The summed E-state index contributed by atoms with van der Waals surface area (Å²) in [6.07, 6.45) is -3.43. The third-order valence-electron chi connectivity index (χ3n) is 2.59. The average molecular weight is 376 g/mol. The Balaban J connectivity index is 2.43. The van der Waals surface area contributed by atoms with E-state index in [1.165, 1.54) is 0 Å². The van der Waals surface area contributed by atoms with Crippen LogP contribution in [0.15, 0.2) is 22.7 Å². The predicted molar refractivity (Wildman–Crippen MR) is 75.5 cm³/mol. The maximum atomic E-state index is 11.9. The Morgan fingerprint density at radius 2 is 2.10 bits per heavy atom. The van der Waals surface area contributed by atoms with E-state index in [1.54, 1.807) is 6.07 Å². The lowest BCUT2D eigenvalue weighted by Crippen LogP contribution is -2.38. The van der Waals surface area contributed by atoms with Gasteiger partial charge < -0.3 is 4.74 Å². The van der Waals surface area contributed by atoms with Crippen LogP contribution in [0.3, 0.4) is 0 Å². The first-order valence-electron chi connectivity index (χ1n) is 5.86. The van der Waals surface area contributed by atoms with Gasteiger partial charge in [0, 0.05) is 22.1 Å². The third-order valence-corrected chi connectivity index (χ3v) is 3.44. The predicted octanol–water partition coefficient (Wildman–Crippen LogP) is 3.45. The number of nitrogens with two attached hydrogens (primary N) is 1. The molecule has 114 valence electrons. The molecule has 0 aromatic heterocycles. The van der Waals surface area contributed by atoms with E-state index in [0.717, 1.165) is 10.0 Å². The number of hydrogen-bond acceptors (Lipinski definition) is 3. The second-order valence-electron chi connectivity index (χ2n) is 4.26. The van der Waals surface area contributed by atoms with Crippen molar-refractivity contribution in [2.45, 2.75) is 25.1 Å². The maximum Gasteiger partial charge on any atom is 0.411 e. The Kier molecular flexibility index (Phi) is 7.25. The zero-order valence-corrected chi connectivity index (χ0v) is 12.9. The van der Waals surface area contributed by atoms with Crippen molar-refractivity contribution in [1.29, 1.82) is 0 Å². The molecule has 0 aliphatic carbocycles. The van der Waals surface area contributed by atoms with Gasteiger partial charge in [-0.3, -0.25) is 11.3 Å². The van der Waals surface area contributed by atoms with E-state index in [0.29, 0.717) is 17.9 Å². The molecule has 0 saturated heterocycles. The molecule has 0 amide bonds. The summed E-state index contributed by atoms with van der Waals surface area (Å²) in [6.45, 7) is -1.27. The first-order chi connectivity index (χ1) is 9.31. The zero-order valence-electron chi connectivity index (χ0n) is 10.5. The highest BCUT2D eigenvalue weighted by Crippen LogP contribution is 2.23. The van der Waals surface area contributed by atoms with Crippen molar-refractivity contribution in [3.05, 3.63) is 33.3 Å². The number of nitrogens with one attached hydrogen (secondary N) is 1. The van der Waals surface area contributed by atoms with E-state index < -0.39 is 12.8 Å². The molecular weight excluding hydrogens is 360 g/mol. The minimum atomic E-state index is -4.30. The number of hydrazine groups is 1. The number of rotatable bonds is 7. The second-order valence-corrected chi connectivity index (χ2v) is 5.58. The van der Waals surface area contributed by atoms with E-state index in [4.69, 9.17) is 17.4 Å². The molecule has 0 aliphatic rings. The lowest BCUT2D eigenvalue weighted by atomic mass is 10.0. The van der Waals surface area contributed by atoms with Crippen LogP contribution in [0.5, 0.6) is 0 Å². The highest BCUT2D eigenvalue weighted by atomic mass is 79.9. The van der Waals surface area contributed by atoms with Gasteiger partial charge in [-0.25, -0.2) is 0 Å². The molecule has 1 atom stereocenters. The average Bonchev–Trinajstić information content (AvgIpc) is 2.34. The fraction of sp³-hybridized carbons (Fsp3) is 0.500. The van der Waals surface area contributed by atoms with Gasteiger partial charge in [0.25, 0.3) is 0 Å². The third kappa shape index (κ3) is 6.90. The molecule has 0 bridgehead atoms. The highest BCUT2D eigenvalue weighted by Gasteiger charge is 2.27. The van der Waals surface area contributed by atoms with Crippen LogP contribution < -0.4 is 11.3 Å². The number of ether oxygens (including phenoxy) is 1. The normalized spacial score (nSPS) is 13.5. The molecular formula is C12H15BrClF3N2O. The van der Waals surface area contributed by atoms with Crippen LogP contribution in [0.1, 0.15) is 12.0 Å². The number of halogens is 5. The van der Waals surface area contributed by atoms with Gasteiger partial charge in [0.15, 0.2) is 0 Å².